The van der Waals surface area contributed by atoms with E-state index in [0.29, 0.717) is 22.4 Å². The summed E-state index contributed by atoms with van der Waals surface area (Å²) in [6, 6.07) is 11.9. The van der Waals surface area contributed by atoms with Gasteiger partial charge in [-0.1, -0.05) is 0 Å². The molecule has 0 radical (unpaired) electrons. The van der Waals surface area contributed by atoms with Crippen molar-refractivity contribution in [2.45, 2.75) is 19.8 Å². The summed E-state index contributed by atoms with van der Waals surface area (Å²) in [5.74, 6) is -3.19. The third kappa shape index (κ3) is 4.97. The Morgan fingerprint density at radius 1 is 0.878 bits per heavy atom. The second-order valence-electron chi connectivity index (χ2n) is 9.79. The van der Waals surface area contributed by atoms with Crippen LogP contribution in [0.2, 0.25) is 0 Å². The minimum absolute atomic E-state index is 0.229. The number of halogens is 3. The van der Waals surface area contributed by atoms with Gasteiger partial charge in [-0.2, -0.15) is 0 Å². The van der Waals surface area contributed by atoms with Crippen LogP contribution in [0.1, 0.15) is 18.4 Å². The van der Waals surface area contributed by atoms with E-state index >= 15 is 8.78 Å². The van der Waals surface area contributed by atoms with Crippen molar-refractivity contribution in [2.24, 2.45) is 5.41 Å². The molecule has 0 bridgehead atoms. The number of pyridine rings is 1. The molecule has 6 rings (SSSR count). The fraction of sp³-hybridized carbons (Fsp3) is 0.133. The van der Waals surface area contributed by atoms with Crippen LogP contribution in [0.5, 0.6) is 11.5 Å². The van der Waals surface area contributed by atoms with Crippen molar-refractivity contribution in [3.05, 3.63) is 96.2 Å². The topological polar surface area (TPSA) is 109 Å². The number of imidazole rings is 1. The molecule has 3 aromatic carbocycles. The second kappa shape index (κ2) is 10.1. The lowest BCUT2D eigenvalue weighted by molar-refractivity contribution is -0.131. The first kappa shape index (κ1) is 26.1. The van der Waals surface area contributed by atoms with Crippen molar-refractivity contribution in [1.82, 2.24) is 15.0 Å². The fourth-order valence-electron chi connectivity index (χ4n) is 4.56. The summed E-state index contributed by atoms with van der Waals surface area (Å²) in [7, 11) is 0. The smallest absolute Gasteiger partial charge is 0.240 e. The number of rotatable bonds is 7. The molecule has 41 heavy (non-hydrogen) atoms. The van der Waals surface area contributed by atoms with Gasteiger partial charge in [0.15, 0.2) is 17.4 Å². The van der Waals surface area contributed by atoms with Gasteiger partial charge < -0.3 is 20.4 Å². The zero-order valence-corrected chi connectivity index (χ0v) is 21.6. The van der Waals surface area contributed by atoms with Gasteiger partial charge in [-0.15, -0.1) is 0 Å². The molecule has 0 saturated heterocycles. The van der Waals surface area contributed by atoms with Crippen LogP contribution in [-0.2, 0) is 9.59 Å². The number of benzene rings is 3. The van der Waals surface area contributed by atoms with E-state index in [1.807, 2.05) is 19.1 Å². The Kier molecular flexibility index (Phi) is 6.41. The first-order valence-corrected chi connectivity index (χ1v) is 12.7. The van der Waals surface area contributed by atoms with Gasteiger partial charge in [-0.05, 0) is 67.8 Å². The van der Waals surface area contributed by atoms with E-state index in [4.69, 9.17) is 4.74 Å². The Labute approximate surface area is 231 Å². The van der Waals surface area contributed by atoms with Crippen LogP contribution < -0.4 is 15.4 Å². The highest BCUT2D eigenvalue weighted by Crippen LogP contribution is 2.48. The largest absolute Gasteiger partial charge is 0.453 e. The third-order valence-corrected chi connectivity index (χ3v) is 7.01. The van der Waals surface area contributed by atoms with E-state index in [1.54, 1.807) is 12.4 Å². The Bertz CT molecular complexity index is 1800. The van der Waals surface area contributed by atoms with Gasteiger partial charge in [0.25, 0.3) is 0 Å². The van der Waals surface area contributed by atoms with Crippen LogP contribution >= 0.6 is 0 Å². The standard InChI is InChI=1S/C30H22F3N5O3/c1-16-12-20-23(13-19(16)27-35-10-11-36-27)34-9-6-25(20)41-26-15-21(32)24(14-22(26)33)38-29(40)30(7-8-30)28(39)37-18-4-2-17(31)3-5-18/h2-6,9-15H,7-8H2,1H3,(H,35,36)(H,37,39)(H,38,40). The van der Waals surface area contributed by atoms with Gasteiger partial charge in [-0.3, -0.25) is 14.6 Å². The highest BCUT2D eigenvalue weighted by molar-refractivity contribution is 6.17. The van der Waals surface area contributed by atoms with E-state index in [9.17, 15) is 14.0 Å². The van der Waals surface area contributed by atoms with E-state index in [0.717, 1.165) is 23.3 Å². The molecule has 0 spiro atoms. The summed E-state index contributed by atoms with van der Waals surface area (Å²) >= 11 is 0. The number of amides is 2. The second-order valence-corrected chi connectivity index (χ2v) is 9.79. The quantitative estimate of drug-likeness (QED) is 0.198. The maximum Gasteiger partial charge on any atom is 0.240 e. The first-order chi connectivity index (χ1) is 19.7. The number of ether oxygens (including phenoxy) is 1. The van der Waals surface area contributed by atoms with E-state index < -0.39 is 46.1 Å². The number of fused-ring (bicyclic) bond motifs is 1. The number of hydrogen-bond acceptors (Lipinski definition) is 5. The molecule has 0 aliphatic heterocycles. The molecule has 1 aliphatic rings. The lowest BCUT2D eigenvalue weighted by atomic mass is 10.0. The molecule has 11 heteroatoms. The molecule has 8 nitrogen and oxygen atoms in total. The summed E-state index contributed by atoms with van der Waals surface area (Å²) in [5.41, 5.74) is 0.716. The Hall–Kier alpha value is -5.19. The van der Waals surface area contributed by atoms with Gasteiger partial charge in [0.05, 0.1) is 11.2 Å². The molecule has 0 atom stereocenters. The van der Waals surface area contributed by atoms with E-state index in [1.165, 1.54) is 36.5 Å². The molecule has 1 aliphatic carbocycles. The molecular formula is C30H22F3N5O3. The van der Waals surface area contributed by atoms with Crippen LogP contribution in [0.3, 0.4) is 0 Å². The number of carbonyl (C=O) groups is 2. The highest BCUT2D eigenvalue weighted by Gasteiger charge is 2.56. The highest BCUT2D eigenvalue weighted by atomic mass is 19.1. The molecule has 0 unspecified atom stereocenters. The predicted molar refractivity (Wildman–Crippen MR) is 146 cm³/mol. The molecule has 2 aromatic heterocycles. The number of nitrogens with zero attached hydrogens (tertiary/aromatic N) is 2. The van der Waals surface area contributed by atoms with Gasteiger partial charge in [-0.25, -0.2) is 18.2 Å². The van der Waals surface area contributed by atoms with Crippen molar-refractivity contribution in [2.75, 3.05) is 10.6 Å². The zero-order valence-electron chi connectivity index (χ0n) is 21.6. The minimum Gasteiger partial charge on any atom is -0.453 e. The molecular weight excluding hydrogens is 535 g/mol. The first-order valence-electron chi connectivity index (χ1n) is 12.7. The van der Waals surface area contributed by atoms with Gasteiger partial charge >= 0.3 is 0 Å². The summed E-state index contributed by atoms with van der Waals surface area (Å²) in [4.78, 5) is 37.4. The molecule has 1 fully saturated rings. The SMILES string of the molecule is Cc1cc2c(Oc3cc(F)c(NC(=O)C4(C(=O)Nc5ccc(F)cc5)CC4)cc3F)ccnc2cc1-c1ncc[nH]1. The molecule has 2 heterocycles. The molecule has 5 aromatic rings. The third-order valence-electron chi connectivity index (χ3n) is 7.01. The molecule has 3 N–H and O–H groups in total. The van der Waals surface area contributed by atoms with Crippen LogP contribution in [0.15, 0.2) is 73.2 Å². The van der Waals surface area contributed by atoms with Gasteiger partial charge in [0.1, 0.15) is 22.8 Å². The van der Waals surface area contributed by atoms with Crippen molar-refractivity contribution >= 4 is 34.1 Å². The lowest BCUT2D eigenvalue weighted by Crippen LogP contribution is -2.35. The summed E-state index contributed by atoms with van der Waals surface area (Å²) < 4.78 is 49.1. The van der Waals surface area contributed by atoms with Crippen LogP contribution in [0, 0.1) is 29.8 Å². The Morgan fingerprint density at radius 2 is 1.63 bits per heavy atom. The van der Waals surface area contributed by atoms with Gasteiger partial charge in [0, 0.05) is 47.4 Å². The van der Waals surface area contributed by atoms with E-state index in [2.05, 4.69) is 25.6 Å². The van der Waals surface area contributed by atoms with Crippen molar-refractivity contribution in [3.63, 3.8) is 0 Å². The maximum atomic E-state index is 15.1. The average Bonchev–Trinajstić information content (AvgIpc) is 3.60. The lowest BCUT2D eigenvalue weighted by Gasteiger charge is -2.17. The van der Waals surface area contributed by atoms with Crippen LogP contribution in [-0.4, -0.2) is 26.8 Å². The summed E-state index contributed by atoms with van der Waals surface area (Å²) in [6.45, 7) is 1.89. The number of nitrogens with one attached hydrogen (secondary N) is 3. The summed E-state index contributed by atoms with van der Waals surface area (Å²) in [6.07, 6.45) is 5.31. The number of aryl methyl sites for hydroxylation is 1. The summed E-state index contributed by atoms with van der Waals surface area (Å²) in [5, 5.41) is 5.48. The monoisotopic (exact) mass is 557 g/mol. The number of aromatic nitrogens is 3. The molecule has 2 amide bonds. The predicted octanol–water partition coefficient (Wildman–Crippen LogP) is 6.50. The Morgan fingerprint density at radius 3 is 2.34 bits per heavy atom. The number of carbonyl (C=O) groups excluding carboxylic acids is 2. The number of anilines is 2. The maximum absolute atomic E-state index is 15.1. The normalized spacial score (nSPS) is 13.6. The molecule has 206 valence electrons. The van der Waals surface area contributed by atoms with Crippen LogP contribution in [0.25, 0.3) is 22.3 Å². The number of hydrogen-bond donors (Lipinski definition) is 3. The number of H-pyrrole nitrogens is 1. The fourth-order valence-corrected chi connectivity index (χ4v) is 4.56. The zero-order chi connectivity index (χ0) is 28.7. The van der Waals surface area contributed by atoms with Crippen molar-refractivity contribution in [1.29, 1.82) is 0 Å². The Balaban J connectivity index is 1.21. The van der Waals surface area contributed by atoms with Crippen LogP contribution in [0.4, 0.5) is 24.5 Å². The van der Waals surface area contributed by atoms with Gasteiger partial charge in [0.2, 0.25) is 11.8 Å². The minimum atomic E-state index is -1.44. The van der Waals surface area contributed by atoms with Crippen molar-refractivity contribution < 1.29 is 27.5 Å². The molecule has 1 saturated carbocycles. The average molecular weight is 558 g/mol. The van der Waals surface area contributed by atoms with E-state index in [-0.39, 0.29) is 18.6 Å². The van der Waals surface area contributed by atoms with Crippen molar-refractivity contribution in [3.8, 4) is 22.9 Å². The number of aromatic amines is 1.